The van der Waals surface area contributed by atoms with Crippen LogP contribution in [-0.2, 0) is 18.3 Å². The summed E-state index contributed by atoms with van der Waals surface area (Å²) in [6.07, 6.45) is 6.88. The molecule has 2 atom stereocenters. The lowest BCUT2D eigenvalue weighted by Gasteiger charge is -2.19. The van der Waals surface area contributed by atoms with Crippen molar-refractivity contribution in [2.45, 2.75) is 32.0 Å². The van der Waals surface area contributed by atoms with Crippen molar-refractivity contribution in [1.29, 1.82) is 0 Å². The highest BCUT2D eigenvalue weighted by Gasteiger charge is 2.32. The van der Waals surface area contributed by atoms with E-state index in [0.717, 1.165) is 36.8 Å². The molecule has 0 amide bonds. The minimum atomic E-state index is 0.00414. The zero-order chi connectivity index (χ0) is 17.2. The Morgan fingerprint density at radius 3 is 2.88 bits per heavy atom. The second kappa shape index (κ2) is 6.82. The van der Waals surface area contributed by atoms with Crippen molar-refractivity contribution >= 4 is 0 Å². The molecule has 0 unspecified atom stereocenters. The first-order valence-corrected chi connectivity index (χ1v) is 8.65. The monoisotopic (exact) mass is 337 g/mol. The first kappa shape index (κ1) is 16.1. The van der Waals surface area contributed by atoms with Gasteiger partial charge in [-0.15, -0.1) is 0 Å². The maximum atomic E-state index is 5.92. The Kier molecular flexibility index (Phi) is 4.38. The highest BCUT2D eigenvalue weighted by Crippen LogP contribution is 2.28. The molecule has 1 aliphatic heterocycles. The van der Waals surface area contributed by atoms with Gasteiger partial charge in [0.2, 0.25) is 0 Å². The van der Waals surface area contributed by atoms with Gasteiger partial charge in [0, 0.05) is 50.4 Å². The molecular weight excluding hydrogens is 314 g/mol. The van der Waals surface area contributed by atoms with Crippen molar-refractivity contribution in [2.75, 3.05) is 6.61 Å². The smallest absolute Gasteiger partial charge is 0.139 e. The third-order valence-electron chi connectivity index (χ3n) is 4.78. The number of benzene rings is 1. The van der Waals surface area contributed by atoms with Gasteiger partial charge in [0.15, 0.2) is 0 Å². The average Bonchev–Trinajstić information content (AvgIpc) is 3.34. The van der Waals surface area contributed by atoms with Gasteiger partial charge in [-0.2, -0.15) is 5.10 Å². The Morgan fingerprint density at radius 1 is 1.28 bits per heavy atom. The SMILES string of the molecule is Cc1nn(-c2ccccc2)cc1CN[C@H]1CCO[C@@H]1c1nccn1C. The van der Waals surface area contributed by atoms with Crippen LogP contribution in [0.2, 0.25) is 0 Å². The molecule has 1 aliphatic rings. The first-order valence-electron chi connectivity index (χ1n) is 8.65. The molecule has 0 aliphatic carbocycles. The fourth-order valence-electron chi connectivity index (χ4n) is 3.33. The molecule has 1 saturated heterocycles. The zero-order valence-corrected chi connectivity index (χ0v) is 14.6. The van der Waals surface area contributed by atoms with Gasteiger partial charge in [-0.05, 0) is 25.5 Å². The topological polar surface area (TPSA) is 56.9 Å². The molecule has 0 saturated carbocycles. The lowest BCUT2D eigenvalue weighted by Crippen LogP contribution is -2.32. The largest absolute Gasteiger partial charge is 0.369 e. The van der Waals surface area contributed by atoms with Gasteiger partial charge in [-0.1, -0.05) is 18.2 Å². The fraction of sp³-hybridized carbons (Fsp3) is 0.368. The number of ether oxygens (including phenoxy) is 1. The van der Waals surface area contributed by atoms with Gasteiger partial charge in [0.25, 0.3) is 0 Å². The van der Waals surface area contributed by atoms with E-state index < -0.39 is 0 Å². The van der Waals surface area contributed by atoms with Crippen molar-refractivity contribution in [3.63, 3.8) is 0 Å². The van der Waals surface area contributed by atoms with Gasteiger partial charge in [-0.3, -0.25) is 0 Å². The van der Waals surface area contributed by atoms with E-state index in [2.05, 4.69) is 40.7 Å². The molecular formula is C19H23N5O. The van der Waals surface area contributed by atoms with Crippen LogP contribution in [0, 0.1) is 6.92 Å². The quantitative estimate of drug-likeness (QED) is 0.777. The molecule has 6 heteroatoms. The Balaban J connectivity index is 1.46. The van der Waals surface area contributed by atoms with Crippen LogP contribution < -0.4 is 5.32 Å². The Labute approximate surface area is 147 Å². The van der Waals surface area contributed by atoms with Crippen LogP contribution in [0.15, 0.2) is 48.9 Å². The second-order valence-corrected chi connectivity index (χ2v) is 6.48. The van der Waals surface area contributed by atoms with Crippen LogP contribution in [-0.4, -0.2) is 32.0 Å². The number of imidazole rings is 1. The van der Waals surface area contributed by atoms with E-state index in [9.17, 15) is 0 Å². The minimum Gasteiger partial charge on any atom is -0.369 e. The molecule has 4 rings (SSSR count). The van der Waals surface area contributed by atoms with Crippen LogP contribution in [0.3, 0.4) is 0 Å². The van der Waals surface area contributed by atoms with E-state index in [-0.39, 0.29) is 12.1 Å². The number of hydrogen-bond donors (Lipinski definition) is 1. The van der Waals surface area contributed by atoms with E-state index >= 15 is 0 Å². The number of nitrogens with zero attached hydrogens (tertiary/aromatic N) is 4. The third-order valence-corrected chi connectivity index (χ3v) is 4.78. The van der Waals surface area contributed by atoms with E-state index in [4.69, 9.17) is 4.74 Å². The predicted molar refractivity (Wildman–Crippen MR) is 95.4 cm³/mol. The number of rotatable bonds is 5. The zero-order valence-electron chi connectivity index (χ0n) is 14.6. The molecule has 1 aromatic carbocycles. The standard InChI is InChI=1S/C19H23N5O/c1-14-15(13-24(22-14)16-6-4-3-5-7-16)12-21-17-8-11-25-18(17)19-20-9-10-23(19)2/h3-7,9-10,13,17-18,21H,8,11-12H2,1-2H3/t17-,18-/m0/s1. The van der Waals surface area contributed by atoms with E-state index in [1.165, 1.54) is 5.56 Å². The molecule has 0 bridgehead atoms. The van der Waals surface area contributed by atoms with Gasteiger partial charge in [0.1, 0.15) is 11.9 Å². The fourth-order valence-corrected chi connectivity index (χ4v) is 3.33. The molecule has 0 radical (unpaired) electrons. The van der Waals surface area contributed by atoms with Crippen molar-refractivity contribution in [3.8, 4) is 5.69 Å². The van der Waals surface area contributed by atoms with Crippen LogP contribution in [0.1, 0.15) is 29.6 Å². The summed E-state index contributed by atoms with van der Waals surface area (Å²) in [5, 5.41) is 8.28. The van der Waals surface area contributed by atoms with E-state index in [1.54, 1.807) is 0 Å². The van der Waals surface area contributed by atoms with Gasteiger partial charge >= 0.3 is 0 Å². The molecule has 130 valence electrons. The molecule has 3 aromatic rings. The summed E-state index contributed by atoms with van der Waals surface area (Å²) >= 11 is 0. The Bertz CT molecular complexity index is 839. The van der Waals surface area contributed by atoms with Crippen LogP contribution in [0.25, 0.3) is 5.69 Å². The van der Waals surface area contributed by atoms with Gasteiger partial charge in [-0.25, -0.2) is 9.67 Å². The number of aromatic nitrogens is 4. The van der Waals surface area contributed by atoms with E-state index in [1.807, 2.05) is 46.9 Å². The van der Waals surface area contributed by atoms with Gasteiger partial charge < -0.3 is 14.6 Å². The second-order valence-electron chi connectivity index (χ2n) is 6.48. The van der Waals surface area contributed by atoms with Crippen LogP contribution in [0.5, 0.6) is 0 Å². The van der Waals surface area contributed by atoms with Crippen molar-refractivity contribution in [2.24, 2.45) is 7.05 Å². The molecule has 1 N–H and O–H groups in total. The van der Waals surface area contributed by atoms with Crippen molar-refractivity contribution in [1.82, 2.24) is 24.6 Å². The molecule has 3 heterocycles. The van der Waals surface area contributed by atoms with Crippen molar-refractivity contribution in [3.05, 3.63) is 66.0 Å². The highest BCUT2D eigenvalue weighted by molar-refractivity contribution is 5.32. The molecule has 6 nitrogen and oxygen atoms in total. The number of hydrogen-bond acceptors (Lipinski definition) is 4. The van der Waals surface area contributed by atoms with Crippen LogP contribution >= 0.6 is 0 Å². The van der Waals surface area contributed by atoms with Gasteiger partial charge in [0.05, 0.1) is 11.4 Å². The highest BCUT2D eigenvalue weighted by atomic mass is 16.5. The van der Waals surface area contributed by atoms with Crippen LogP contribution in [0.4, 0.5) is 0 Å². The number of aryl methyl sites for hydroxylation is 2. The predicted octanol–water partition coefficient (Wildman–Crippen LogP) is 2.53. The molecule has 2 aromatic heterocycles. The minimum absolute atomic E-state index is 0.00414. The average molecular weight is 337 g/mol. The Morgan fingerprint density at radius 2 is 2.12 bits per heavy atom. The maximum absolute atomic E-state index is 5.92. The lowest BCUT2D eigenvalue weighted by molar-refractivity contribution is 0.0893. The maximum Gasteiger partial charge on any atom is 0.139 e. The summed E-state index contributed by atoms with van der Waals surface area (Å²) in [6.45, 7) is 3.59. The number of para-hydroxylation sites is 1. The lowest BCUT2D eigenvalue weighted by atomic mass is 10.1. The third kappa shape index (κ3) is 3.23. The summed E-state index contributed by atoms with van der Waals surface area (Å²) in [7, 11) is 2.01. The summed E-state index contributed by atoms with van der Waals surface area (Å²) in [5.74, 6) is 0.978. The number of nitrogens with one attached hydrogen (secondary N) is 1. The normalized spacial score (nSPS) is 20.2. The summed E-state index contributed by atoms with van der Waals surface area (Å²) < 4.78 is 9.89. The van der Waals surface area contributed by atoms with Crippen molar-refractivity contribution < 1.29 is 4.74 Å². The molecule has 25 heavy (non-hydrogen) atoms. The summed E-state index contributed by atoms with van der Waals surface area (Å²) in [4.78, 5) is 4.45. The Hall–Kier alpha value is -2.44. The van der Waals surface area contributed by atoms with E-state index in [0.29, 0.717) is 0 Å². The molecule has 0 spiro atoms. The summed E-state index contributed by atoms with van der Waals surface area (Å²) in [6, 6.07) is 10.5. The first-order chi connectivity index (χ1) is 12.2. The summed E-state index contributed by atoms with van der Waals surface area (Å²) in [5.41, 5.74) is 3.32. The molecule has 1 fully saturated rings.